The first-order chi connectivity index (χ1) is 9.09. The van der Waals surface area contributed by atoms with Crippen molar-refractivity contribution < 1.29 is 13.9 Å². The van der Waals surface area contributed by atoms with Gasteiger partial charge in [0.25, 0.3) is 0 Å². The molecule has 1 atom stereocenters. The molecule has 2 rings (SSSR count). The quantitative estimate of drug-likeness (QED) is 0.832. The second-order valence-electron chi connectivity index (χ2n) is 4.81. The minimum absolute atomic E-state index is 0.309. The zero-order chi connectivity index (χ0) is 13.9. The van der Waals surface area contributed by atoms with Gasteiger partial charge in [-0.2, -0.15) is 0 Å². The first-order valence-electron chi connectivity index (χ1n) is 6.39. The van der Waals surface area contributed by atoms with E-state index in [1.807, 2.05) is 6.92 Å². The third-order valence-corrected chi connectivity index (χ3v) is 3.74. The van der Waals surface area contributed by atoms with E-state index in [0.717, 1.165) is 31.7 Å². The molecule has 19 heavy (non-hydrogen) atoms. The lowest BCUT2D eigenvalue weighted by Gasteiger charge is -2.41. The number of piperazine rings is 1. The Bertz CT molecular complexity index is 443. The van der Waals surface area contributed by atoms with E-state index in [1.165, 1.54) is 19.2 Å². The lowest BCUT2D eigenvalue weighted by Crippen LogP contribution is -2.57. The number of nitrogens with one attached hydrogen (secondary N) is 1. The van der Waals surface area contributed by atoms with E-state index in [1.54, 1.807) is 12.1 Å². The number of carbonyl (C=O) groups is 1. The first kappa shape index (κ1) is 14.0. The summed E-state index contributed by atoms with van der Waals surface area (Å²) in [7, 11) is 1.38. The van der Waals surface area contributed by atoms with E-state index in [2.05, 4.69) is 10.2 Å². The Morgan fingerprint density at radius 1 is 1.32 bits per heavy atom. The molecule has 1 fully saturated rings. The van der Waals surface area contributed by atoms with E-state index < -0.39 is 5.54 Å². The summed E-state index contributed by atoms with van der Waals surface area (Å²) in [5, 5.41) is 3.25. The summed E-state index contributed by atoms with van der Waals surface area (Å²) in [5.74, 6) is -0.628. The molecule has 104 valence electrons. The number of carbonyl (C=O) groups excluding carboxylic acids is 1. The highest BCUT2D eigenvalue weighted by atomic mass is 19.1. The van der Waals surface area contributed by atoms with Crippen molar-refractivity contribution in [1.29, 1.82) is 0 Å². The molecule has 1 aromatic carbocycles. The molecule has 0 saturated carbocycles. The molecule has 0 radical (unpaired) electrons. The van der Waals surface area contributed by atoms with Gasteiger partial charge >= 0.3 is 5.97 Å². The van der Waals surface area contributed by atoms with Crippen LogP contribution in [-0.4, -0.2) is 44.2 Å². The fourth-order valence-corrected chi connectivity index (χ4v) is 2.51. The molecular formula is C14H19FN2O2. The van der Waals surface area contributed by atoms with Crippen molar-refractivity contribution in [3.63, 3.8) is 0 Å². The molecule has 4 nitrogen and oxygen atoms in total. The maximum absolute atomic E-state index is 13.1. The van der Waals surface area contributed by atoms with Crippen molar-refractivity contribution in [3.8, 4) is 0 Å². The topological polar surface area (TPSA) is 41.6 Å². The van der Waals surface area contributed by atoms with Crippen molar-refractivity contribution in [2.24, 2.45) is 0 Å². The van der Waals surface area contributed by atoms with Crippen LogP contribution in [-0.2, 0) is 15.1 Å². The summed E-state index contributed by atoms with van der Waals surface area (Å²) < 4.78 is 18.0. The predicted molar refractivity (Wildman–Crippen MR) is 70.2 cm³/mol. The van der Waals surface area contributed by atoms with Gasteiger partial charge in [0.1, 0.15) is 11.4 Å². The van der Waals surface area contributed by atoms with Crippen LogP contribution in [0.5, 0.6) is 0 Å². The van der Waals surface area contributed by atoms with E-state index in [0.29, 0.717) is 0 Å². The highest BCUT2D eigenvalue weighted by Crippen LogP contribution is 2.30. The Morgan fingerprint density at radius 3 is 2.42 bits per heavy atom. The summed E-state index contributed by atoms with van der Waals surface area (Å²) in [6.07, 6.45) is 0. The second-order valence-corrected chi connectivity index (χ2v) is 4.81. The average Bonchev–Trinajstić information content (AvgIpc) is 2.47. The standard InChI is InChI=1S/C14H19FN2O2/c1-14(13(18)19-2,17-9-7-16-8-10-17)11-3-5-12(15)6-4-11/h3-6,16H,7-10H2,1-2H3. The van der Waals surface area contributed by atoms with Crippen LogP contribution >= 0.6 is 0 Å². The molecule has 0 bridgehead atoms. The Morgan fingerprint density at radius 2 is 1.89 bits per heavy atom. The largest absolute Gasteiger partial charge is 0.467 e. The Hall–Kier alpha value is -1.46. The molecule has 0 spiro atoms. The van der Waals surface area contributed by atoms with Crippen LogP contribution in [0.1, 0.15) is 12.5 Å². The fraction of sp³-hybridized carbons (Fsp3) is 0.500. The van der Waals surface area contributed by atoms with Gasteiger partial charge in [-0.3, -0.25) is 4.90 Å². The summed E-state index contributed by atoms with van der Waals surface area (Å²) in [4.78, 5) is 14.3. The third-order valence-electron chi connectivity index (χ3n) is 3.74. The van der Waals surface area contributed by atoms with E-state index >= 15 is 0 Å². The number of hydrogen-bond acceptors (Lipinski definition) is 4. The summed E-state index contributed by atoms with van der Waals surface area (Å²) in [6.45, 7) is 4.99. The molecule has 0 aliphatic carbocycles. The lowest BCUT2D eigenvalue weighted by molar-refractivity contribution is -0.155. The molecule has 1 N–H and O–H groups in total. The van der Waals surface area contributed by atoms with Crippen LogP contribution in [0.3, 0.4) is 0 Å². The van der Waals surface area contributed by atoms with Crippen LogP contribution in [0, 0.1) is 5.82 Å². The number of benzene rings is 1. The molecule has 0 amide bonds. The smallest absolute Gasteiger partial charge is 0.330 e. The van der Waals surface area contributed by atoms with Gasteiger partial charge in [-0.25, -0.2) is 9.18 Å². The molecule has 1 aliphatic rings. The van der Waals surface area contributed by atoms with Crippen molar-refractivity contribution >= 4 is 5.97 Å². The van der Waals surface area contributed by atoms with Crippen LogP contribution in [0.4, 0.5) is 4.39 Å². The van der Waals surface area contributed by atoms with Crippen LogP contribution in [0.15, 0.2) is 24.3 Å². The molecule has 1 heterocycles. The second kappa shape index (κ2) is 5.67. The zero-order valence-corrected chi connectivity index (χ0v) is 11.3. The van der Waals surface area contributed by atoms with Crippen molar-refractivity contribution in [2.75, 3.05) is 33.3 Å². The van der Waals surface area contributed by atoms with Gasteiger partial charge in [0.15, 0.2) is 0 Å². The summed E-state index contributed by atoms with van der Waals surface area (Å²) >= 11 is 0. The molecule has 0 aromatic heterocycles. The molecular weight excluding hydrogens is 247 g/mol. The van der Waals surface area contributed by atoms with Gasteiger partial charge in [0.2, 0.25) is 0 Å². The maximum atomic E-state index is 13.1. The number of hydrogen-bond donors (Lipinski definition) is 1. The van der Waals surface area contributed by atoms with Gasteiger partial charge in [0, 0.05) is 26.2 Å². The Balaban J connectivity index is 2.38. The van der Waals surface area contributed by atoms with E-state index in [9.17, 15) is 9.18 Å². The maximum Gasteiger partial charge on any atom is 0.330 e. The number of methoxy groups -OCH3 is 1. The number of ether oxygens (including phenoxy) is 1. The summed E-state index contributed by atoms with van der Waals surface area (Å²) in [6, 6.07) is 6.04. The Labute approximate surface area is 112 Å². The van der Waals surface area contributed by atoms with Crippen molar-refractivity contribution in [3.05, 3.63) is 35.6 Å². The van der Waals surface area contributed by atoms with E-state index in [-0.39, 0.29) is 11.8 Å². The number of nitrogens with zero attached hydrogens (tertiary/aromatic N) is 1. The van der Waals surface area contributed by atoms with Crippen molar-refractivity contribution in [2.45, 2.75) is 12.5 Å². The minimum atomic E-state index is -0.870. The molecule has 5 heteroatoms. The van der Waals surface area contributed by atoms with Crippen LogP contribution < -0.4 is 5.32 Å². The SMILES string of the molecule is COC(=O)C(C)(c1ccc(F)cc1)N1CCNCC1. The normalized spacial score (nSPS) is 19.7. The van der Waals surface area contributed by atoms with Gasteiger partial charge in [0.05, 0.1) is 7.11 Å². The predicted octanol–water partition coefficient (Wildman–Crippen LogP) is 1.12. The molecule has 1 aliphatic heterocycles. The Kier molecular flexibility index (Phi) is 4.17. The van der Waals surface area contributed by atoms with Gasteiger partial charge in [-0.15, -0.1) is 0 Å². The highest BCUT2D eigenvalue weighted by Gasteiger charge is 2.42. The van der Waals surface area contributed by atoms with Gasteiger partial charge < -0.3 is 10.1 Å². The number of esters is 1. The zero-order valence-electron chi connectivity index (χ0n) is 11.3. The van der Waals surface area contributed by atoms with Gasteiger partial charge in [-0.1, -0.05) is 12.1 Å². The monoisotopic (exact) mass is 266 g/mol. The van der Waals surface area contributed by atoms with Crippen molar-refractivity contribution in [1.82, 2.24) is 10.2 Å². The van der Waals surface area contributed by atoms with Gasteiger partial charge in [-0.05, 0) is 24.6 Å². The lowest BCUT2D eigenvalue weighted by atomic mass is 9.89. The number of rotatable bonds is 3. The average molecular weight is 266 g/mol. The van der Waals surface area contributed by atoms with Crippen LogP contribution in [0.25, 0.3) is 0 Å². The first-order valence-corrected chi connectivity index (χ1v) is 6.39. The molecule has 1 aromatic rings. The molecule has 1 saturated heterocycles. The minimum Gasteiger partial charge on any atom is -0.467 e. The molecule has 1 unspecified atom stereocenters. The summed E-state index contributed by atoms with van der Waals surface area (Å²) in [5.41, 5.74) is -0.118. The van der Waals surface area contributed by atoms with Crippen LogP contribution in [0.2, 0.25) is 0 Å². The highest BCUT2D eigenvalue weighted by molar-refractivity contribution is 5.82. The fourth-order valence-electron chi connectivity index (χ4n) is 2.51. The third kappa shape index (κ3) is 2.62. The number of halogens is 1. The van der Waals surface area contributed by atoms with E-state index in [4.69, 9.17) is 4.74 Å².